The lowest BCUT2D eigenvalue weighted by molar-refractivity contribution is -0.123. The van der Waals surface area contributed by atoms with Gasteiger partial charge in [0, 0.05) is 5.56 Å². The molecule has 0 bridgehead atoms. The highest BCUT2D eigenvalue weighted by Gasteiger charge is 2.09. The van der Waals surface area contributed by atoms with E-state index >= 15 is 0 Å². The Morgan fingerprint density at radius 1 is 1.16 bits per heavy atom. The molecule has 25 heavy (non-hydrogen) atoms. The van der Waals surface area contributed by atoms with Gasteiger partial charge in [0.25, 0.3) is 5.91 Å². The zero-order valence-electron chi connectivity index (χ0n) is 14.3. The molecular weight excluding hydrogens is 316 g/mol. The predicted octanol–water partition coefficient (Wildman–Crippen LogP) is 3.65. The van der Waals surface area contributed by atoms with Crippen LogP contribution in [0, 0.1) is 13.8 Å². The number of carbonyl (C=O) groups excluding carboxylic acids is 1. The number of benzene rings is 2. The minimum absolute atomic E-state index is 0.0451. The first-order chi connectivity index (χ1) is 12.1. The van der Waals surface area contributed by atoms with Crippen molar-refractivity contribution >= 4 is 5.91 Å². The zero-order valence-corrected chi connectivity index (χ0v) is 14.3. The highest BCUT2D eigenvalue weighted by molar-refractivity contribution is 5.77. The Balaban J connectivity index is 1.51. The smallest absolute Gasteiger partial charge is 0.258 e. The molecule has 1 N–H and O–H groups in total. The van der Waals surface area contributed by atoms with Crippen LogP contribution in [0.25, 0.3) is 11.3 Å². The van der Waals surface area contributed by atoms with Crippen molar-refractivity contribution in [1.82, 2.24) is 10.3 Å². The first-order valence-electron chi connectivity index (χ1n) is 8.09. The van der Waals surface area contributed by atoms with Gasteiger partial charge in [-0.2, -0.15) is 0 Å². The molecule has 3 rings (SSSR count). The van der Waals surface area contributed by atoms with E-state index in [4.69, 9.17) is 9.15 Å². The van der Waals surface area contributed by atoms with Crippen LogP contribution in [0.4, 0.5) is 0 Å². The van der Waals surface area contributed by atoms with Gasteiger partial charge in [-0.05, 0) is 31.0 Å². The molecule has 0 radical (unpaired) electrons. The normalized spacial score (nSPS) is 10.5. The quantitative estimate of drug-likeness (QED) is 0.746. The number of aryl methyl sites for hydroxylation is 2. The lowest BCUT2D eigenvalue weighted by Crippen LogP contribution is -2.28. The molecule has 0 aliphatic carbocycles. The number of nitrogens with one attached hydrogen (secondary N) is 1. The van der Waals surface area contributed by atoms with Crippen molar-refractivity contribution in [3.05, 3.63) is 71.7 Å². The van der Waals surface area contributed by atoms with Gasteiger partial charge in [0.05, 0.1) is 12.7 Å². The van der Waals surface area contributed by atoms with Crippen molar-refractivity contribution in [2.45, 2.75) is 20.4 Å². The monoisotopic (exact) mass is 336 g/mol. The van der Waals surface area contributed by atoms with E-state index in [0.29, 0.717) is 11.7 Å². The molecule has 1 amide bonds. The second-order valence-corrected chi connectivity index (χ2v) is 5.82. The van der Waals surface area contributed by atoms with Gasteiger partial charge in [0.2, 0.25) is 5.89 Å². The Labute approximate surface area is 146 Å². The van der Waals surface area contributed by atoms with E-state index in [1.54, 1.807) is 6.20 Å². The minimum atomic E-state index is -0.222. The standard InChI is InChI=1S/C20H20N2O3/c1-14-8-9-15(2)17(10-14)24-13-19(23)21-12-20-22-11-18(25-20)16-6-4-3-5-7-16/h3-11H,12-13H2,1-2H3,(H,21,23). The van der Waals surface area contributed by atoms with Gasteiger partial charge < -0.3 is 14.5 Å². The van der Waals surface area contributed by atoms with Crippen LogP contribution < -0.4 is 10.1 Å². The third-order valence-electron chi connectivity index (χ3n) is 3.75. The largest absolute Gasteiger partial charge is 0.483 e. The summed E-state index contributed by atoms with van der Waals surface area (Å²) in [6.07, 6.45) is 1.66. The van der Waals surface area contributed by atoms with Crippen molar-refractivity contribution in [3.63, 3.8) is 0 Å². The number of ether oxygens (including phenoxy) is 1. The minimum Gasteiger partial charge on any atom is -0.483 e. The van der Waals surface area contributed by atoms with Crippen molar-refractivity contribution in [1.29, 1.82) is 0 Å². The fraction of sp³-hybridized carbons (Fsp3) is 0.200. The summed E-state index contributed by atoms with van der Waals surface area (Å²) in [7, 11) is 0. The Kier molecular flexibility index (Phi) is 5.14. The first-order valence-corrected chi connectivity index (χ1v) is 8.09. The van der Waals surface area contributed by atoms with Gasteiger partial charge >= 0.3 is 0 Å². The van der Waals surface area contributed by atoms with E-state index in [1.807, 2.05) is 62.4 Å². The van der Waals surface area contributed by atoms with Crippen molar-refractivity contribution in [2.24, 2.45) is 0 Å². The lowest BCUT2D eigenvalue weighted by Gasteiger charge is -2.09. The summed E-state index contributed by atoms with van der Waals surface area (Å²) in [6.45, 7) is 4.11. The molecule has 5 heteroatoms. The Morgan fingerprint density at radius 2 is 1.96 bits per heavy atom. The van der Waals surface area contributed by atoms with E-state index in [-0.39, 0.29) is 19.1 Å². The molecular formula is C20H20N2O3. The molecule has 0 aliphatic heterocycles. The molecule has 2 aromatic carbocycles. The van der Waals surface area contributed by atoms with Gasteiger partial charge in [0.15, 0.2) is 12.4 Å². The number of amides is 1. The molecule has 0 saturated heterocycles. The Morgan fingerprint density at radius 3 is 2.76 bits per heavy atom. The first kappa shape index (κ1) is 16.8. The zero-order chi connectivity index (χ0) is 17.6. The molecule has 5 nitrogen and oxygen atoms in total. The maximum Gasteiger partial charge on any atom is 0.258 e. The second-order valence-electron chi connectivity index (χ2n) is 5.82. The average Bonchev–Trinajstić information content (AvgIpc) is 3.10. The summed E-state index contributed by atoms with van der Waals surface area (Å²) < 4.78 is 11.2. The number of nitrogens with zero attached hydrogens (tertiary/aromatic N) is 1. The maximum atomic E-state index is 12.0. The molecule has 0 aliphatic rings. The molecule has 1 aromatic heterocycles. The molecule has 0 spiro atoms. The molecule has 0 unspecified atom stereocenters. The van der Waals surface area contributed by atoms with E-state index < -0.39 is 0 Å². The summed E-state index contributed by atoms with van der Waals surface area (Å²) in [4.78, 5) is 16.1. The predicted molar refractivity (Wildman–Crippen MR) is 95.2 cm³/mol. The average molecular weight is 336 g/mol. The summed E-state index contributed by atoms with van der Waals surface area (Å²) in [5, 5.41) is 2.75. The van der Waals surface area contributed by atoms with Gasteiger partial charge in [-0.3, -0.25) is 4.79 Å². The van der Waals surface area contributed by atoms with Crippen LogP contribution in [0.15, 0.2) is 59.1 Å². The van der Waals surface area contributed by atoms with Crippen molar-refractivity contribution in [2.75, 3.05) is 6.61 Å². The number of oxazole rings is 1. The van der Waals surface area contributed by atoms with Crippen LogP contribution >= 0.6 is 0 Å². The number of rotatable bonds is 6. The molecule has 0 fully saturated rings. The Hall–Kier alpha value is -3.08. The van der Waals surface area contributed by atoms with E-state index in [2.05, 4.69) is 10.3 Å². The summed E-state index contributed by atoms with van der Waals surface area (Å²) in [5.74, 6) is 1.63. The number of carbonyl (C=O) groups is 1. The molecule has 0 atom stereocenters. The van der Waals surface area contributed by atoms with Gasteiger partial charge in [-0.1, -0.05) is 42.5 Å². The summed E-state index contributed by atoms with van der Waals surface area (Å²) >= 11 is 0. The summed E-state index contributed by atoms with van der Waals surface area (Å²) in [6, 6.07) is 15.6. The summed E-state index contributed by atoms with van der Waals surface area (Å²) in [5.41, 5.74) is 3.04. The fourth-order valence-corrected chi connectivity index (χ4v) is 2.36. The van der Waals surface area contributed by atoms with Crippen LogP contribution in [0.3, 0.4) is 0 Å². The van der Waals surface area contributed by atoms with Crippen LogP contribution in [-0.2, 0) is 11.3 Å². The third-order valence-corrected chi connectivity index (χ3v) is 3.75. The number of hydrogen-bond acceptors (Lipinski definition) is 4. The number of aromatic nitrogens is 1. The molecule has 128 valence electrons. The van der Waals surface area contributed by atoms with Gasteiger partial charge in [-0.15, -0.1) is 0 Å². The topological polar surface area (TPSA) is 64.4 Å². The van der Waals surface area contributed by atoms with E-state index in [1.165, 1.54) is 0 Å². The van der Waals surface area contributed by atoms with Crippen LogP contribution in [0.1, 0.15) is 17.0 Å². The van der Waals surface area contributed by atoms with E-state index in [9.17, 15) is 4.79 Å². The fourth-order valence-electron chi connectivity index (χ4n) is 2.36. The molecule has 0 saturated carbocycles. The SMILES string of the molecule is Cc1ccc(C)c(OCC(=O)NCc2ncc(-c3ccccc3)o2)c1. The highest BCUT2D eigenvalue weighted by atomic mass is 16.5. The molecule has 3 aromatic rings. The van der Waals surface area contributed by atoms with Gasteiger partial charge in [-0.25, -0.2) is 4.98 Å². The van der Waals surface area contributed by atoms with Crippen molar-refractivity contribution < 1.29 is 13.9 Å². The van der Waals surface area contributed by atoms with Crippen molar-refractivity contribution in [3.8, 4) is 17.1 Å². The lowest BCUT2D eigenvalue weighted by atomic mass is 10.1. The van der Waals surface area contributed by atoms with Crippen LogP contribution in [0.2, 0.25) is 0 Å². The molecule has 1 heterocycles. The Bertz CT molecular complexity index is 856. The van der Waals surface area contributed by atoms with Gasteiger partial charge in [0.1, 0.15) is 5.75 Å². The number of hydrogen-bond donors (Lipinski definition) is 1. The van der Waals surface area contributed by atoms with E-state index in [0.717, 1.165) is 22.4 Å². The third kappa shape index (κ3) is 4.47. The second kappa shape index (κ2) is 7.66. The maximum absolute atomic E-state index is 12.0. The van der Waals surface area contributed by atoms with Crippen LogP contribution in [-0.4, -0.2) is 17.5 Å². The highest BCUT2D eigenvalue weighted by Crippen LogP contribution is 2.20. The van der Waals surface area contributed by atoms with Crippen LogP contribution in [0.5, 0.6) is 5.75 Å².